The SMILES string of the molecule is CCCCC[N+]1(C)CCN(c2nc3ccccc3o2)CC1. The highest BCUT2D eigenvalue weighted by atomic mass is 16.4. The van der Waals surface area contributed by atoms with Gasteiger partial charge < -0.3 is 13.8 Å². The minimum absolute atomic E-state index is 0.788. The summed E-state index contributed by atoms with van der Waals surface area (Å²) in [6.45, 7) is 8.01. The molecule has 0 aliphatic carbocycles. The summed E-state index contributed by atoms with van der Waals surface area (Å²) in [5.41, 5.74) is 1.84. The second kappa shape index (κ2) is 6.06. The van der Waals surface area contributed by atoms with Crippen LogP contribution in [0.15, 0.2) is 28.7 Å². The van der Waals surface area contributed by atoms with E-state index in [2.05, 4.69) is 23.9 Å². The van der Waals surface area contributed by atoms with E-state index in [1.807, 2.05) is 24.3 Å². The number of oxazole rings is 1. The third-order valence-corrected chi connectivity index (χ3v) is 4.67. The molecule has 4 nitrogen and oxygen atoms in total. The normalized spacial score (nSPS) is 18.3. The van der Waals surface area contributed by atoms with Crippen molar-refractivity contribution in [2.75, 3.05) is 44.7 Å². The van der Waals surface area contributed by atoms with Crippen molar-refractivity contribution < 1.29 is 8.90 Å². The minimum Gasteiger partial charge on any atom is -0.423 e. The summed E-state index contributed by atoms with van der Waals surface area (Å²) in [6, 6.07) is 8.79. The van der Waals surface area contributed by atoms with Crippen LogP contribution >= 0.6 is 0 Å². The molecule has 1 aromatic carbocycles. The lowest BCUT2D eigenvalue weighted by atomic mass is 10.2. The molecule has 0 unspecified atom stereocenters. The number of para-hydroxylation sites is 2. The first kappa shape index (κ1) is 14.4. The zero-order valence-corrected chi connectivity index (χ0v) is 13.2. The highest BCUT2D eigenvalue weighted by molar-refractivity contribution is 5.74. The van der Waals surface area contributed by atoms with Crippen LogP contribution in [0.25, 0.3) is 11.1 Å². The number of hydrogen-bond acceptors (Lipinski definition) is 3. The molecular weight excluding hydrogens is 262 g/mol. The quantitative estimate of drug-likeness (QED) is 0.624. The maximum atomic E-state index is 5.88. The number of quaternary nitrogens is 1. The molecule has 0 N–H and O–H groups in total. The third-order valence-electron chi connectivity index (χ3n) is 4.67. The smallest absolute Gasteiger partial charge is 0.298 e. The van der Waals surface area contributed by atoms with Crippen LogP contribution in [0.2, 0.25) is 0 Å². The molecule has 21 heavy (non-hydrogen) atoms. The van der Waals surface area contributed by atoms with Gasteiger partial charge in [-0.15, -0.1) is 0 Å². The summed E-state index contributed by atoms with van der Waals surface area (Å²) in [5.74, 6) is 0. The standard InChI is InChI=1S/C17H26N3O/c1-3-4-7-12-20(2)13-10-19(11-14-20)17-18-15-8-5-6-9-16(15)21-17/h5-6,8-9H,3-4,7,10-14H2,1-2H3/q+1. The van der Waals surface area contributed by atoms with Gasteiger partial charge in [-0.3, -0.25) is 0 Å². The molecule has 4 heteroatoms. The second-order valence-electron chi connectivity index (χ2n) is 6.45. The topological polar surface area (TPSA) is 29.3 Å². The predicted molar refractivity (Wildman–Crippen MR) is 86.5 cm³/mol. The maximum absolute atomic E-state index is 5.88. The highest BCUT2D eigenvalue weighted by Gasteiger charge is 2.30. The number of benzene rings is 1. The number of hydrogen-bond donors (Lipinski definition) is 0. The van der Waals surface area contributed by atoms with Crippen molar-refractivity contribution in [1.29, 1.82) is 0 Å². The lowest BCUT2D eigenvalue weighted by Crippen LogP contribution is -2.57. The lowest BCUT2D eigenvalue weighted by molar-refractivity contribution is -0.910. The van der Waals surface area contributed by atoms with Gasteiger partial charge in [0.1, 0.15) is 5.52 Å². The van der Waals surface area contributed by atoms with Crippen LogP contribution in [0.1, 0.15) is 26.2 Å². The molecule has 1 aliphatic heterocycles. The minimum atomic E-state index is 0.788. The molecule has 1 saturated heterocycles. The zero-order valence-electron chi connectivity index (χ0n) is 13.2. The number of piperazine rings is 1. The van der Waals surface area contributed by atoms with Crippen LogP contribution in [0, 0.1) is 0 Å². The predicted octanol–water partition coefficient (Wildman–Crippen LogP) is 3.28. The summed E-state index contributed by atoms with van der Waals surface area (Å²) in [5, 5.41) is 0. The summed E-state index contributed by atoms with van der Waals surface area (Å²) in [4.78, 5) is 6.90. The molecule has 0 amide bonds. The molecule has 0 bridgehead atoms. The zero-order chi connectivity index (χ0) is 14.7. The number of likely N-dealkylation sites (N-methyl/N-ethyl adjacent to an activating group) is 1. The largest absolute Gasteiger partial charge is 0.423 e. The van der Waals surface area contributed by atoms with E-state index in [4.69, 9.17) is 4.42 Å². The summed E-state index contributed by atoms with van der Waals surface area (Å²) in [6.07, 6.45) is 3.99. The molecule has 0 radical (unpaired) electrons. The van der Waals surface area contributed by atoms with E-state index in [0.717, 1.165) is 30.2 Å². The van der Waals surface area contributed by atoms with E-state index in [0.29, 0.717) is 0 Å². The number of rotatable bonds is 5. The molecule has 114 valence electrons. The molecule has 3 rings (SSSR count). The van der Waals surface area contributed by atoms with E-state index >= 15 is 0 Å². The van der Waals surface area contributed by atoms with Crippen LogP contribution in [-0.4, -0.2) is 49.2 Å². The Balaban J connectivity index is 1.62. The fourth-order valence-electron chi connectivity index (χ4n) is 3.10. The Labute approximate surface area is 127 Å². The van der Waals surface area contributed by atoms with Gasteiger partial charge in [0.05, 0.1) is 39.8 Å². The number of nitrogens with zero attached hydrogens (tertiary/aromatic N) is 3. The maximum Gasteiger partial charge on any atom is 0.298 e. The monoisotopic (exact) mass is 288 g/mol. The van der Waals surface area contributed by atoms with Crippen molar-refractivity contribution in [3.8, 4) is 0 Å². The number of anilines is 1. The van der Waals surface area contributed by atoms with E-state index in [1.165, 1.54) is 43.4 Å². The average Bonchev–Trinajstić information content (AvgIpc) is 2.92. The lowest BCUT2D eigenvalue weighted by Gasteiger charge is -2.41. The van der Waals surface area contributed by atoms with Crippen LogP contribution in [-0.2, 0) is 0 Å². The van der Waals surface area contributed by atoms with Crippen LogP contribution in [0.5, 0.6) is 0 Å². The van der Waals surface area contributed by atoms with Crippen molar-refractivity contribution in [1.82, 2.24) is 4.98 Å². The Kier molecular flexibility index (Phi) is 4.15. The molecule has 2 aromatic rings. The van der Waals surface area contributed by atoms with E-state index in [9.17, 15) is 0 Å². The Hall–Kier alpha value is -1.55. The Morgan fingerprint density at radius 2 is 1.95 bits per heavy atom. The second-order valence-corrected chi connectivity index (χ2v) is 6.45. The van der Waals surface area contributed by atoms with E-state index < -0.39 is 0 Å². The van der Waals surface area contributed by atoms with Gasteiger partial charge in [-0.25, -0.2) is 0 Å². The molecule has 0 atom stereocenters. The Morgan fingerprint density at radius 3 is 2.67 bits per heavy atom. The van der Waals surface area contributed by atoms with Crippen LogP contribution < -0.4 is 4.90 Å². The third kappa shape index (κ3) is 3.21. The van der Waals surface area contributed by atoms with E-state index in [-0.39, 0.29) is 0 Å². The summed E-state index contributed by atoms with van der Waals surface area (Å²) >= 11 is 0. The Morgan fingerprint density at radius 1 is 1.19 bits per heavy atom. The first-order valence-electron chi connectivity index (χ1n) is 8.14. The van der Waals surface area contributed by atoms with Crippen LogP contribution in [0.3, 0.4) is 0 Å². The first-order valence-corrected chi connectivity index (χ1v) is 8.14. The van der Waals surface area contributed by atoms with Crippen molar-refractivity contribution in [3.63, 3.8) is 0 Å². The van der Waals surface area contributed by atoms with Gasteiger partial charge in [-0.05, 0) is 25.0 Å². The number of unbranched alkanes of at least 4 members (excludes halogenated alkanes) is 2. The Bertz CT molecular complexity index is 551. The molecular formula is C17H26N3O+. The van der Waals surface area contributed by atoms with Gasteiger partial charge in [0.25, 0.3) is 6.01 Å². The molecule has 1 aliphatic rings. The average molecular weight is 288 g/mol. The number of fused-ring (bicyclic) bond motifs is 1. The van der Waals surface area contributed by atoms with Gasteiger partial charge in [0.2, 0.25) is 0 Å². The van der Waals surface area contributed by atoms with Crippen molar-refractivity contribution in [2.24, 2.45) is 0 Å². The molecule has 0 spiro atoms. The van der Waals surface area contributed by atoms with Crippen LogP contribution in [0.4, 0.5) is 6.01 Å². The van der Waals surface area contributed by atoms with Gasteiger partial charge in [-0.1, -0.05) is 25.5 Å². The first-order chi connectivity index (χ1) is 10.2. The number of aromatic nitrogens is 1. The fourth-order valence-corrected chi connectivity index (χ4v) is 3.10. The fraction of sp³-hybridized carbons (Fsp3) is 0.588. The molecule has 1 aromatic heterocycles. The van der Waals surface area contributed by atoms with Gasteiger partial charge in [0, 0.05) is 0 Å². The molecule has 1 fully saturated rings. The molecule has 2 heterocycles. The van der Waals surface area contributed by atoms with Crippen molar-refractivity contribution in [2.45, 2.75) is 26.2 Å². The molecule has 0 saturated carbocycles. The van der Waals surface area contributed by atoms with Gasteiger partial charge in [-0.2, -0.15) is 4.98 Å². The van der Waals surface area contributed by atoms with Crippen molar-refractivity contribution in [3.05, 3.63) is 24.3 Å². The summed E-state index contributed by atoms with van der Waals surface area (Å²) in [7, 11) is 2.39. The summed E-state index contributed by atoms with van der Waals surface area (Å²) < 4.78 is 7.07. The van der Waals surface area contributed by atoms with E-state index in [1.54, 1.807) is 0 Å². The van der Waals surface area contributed by atoms with Crippen molar-refractivity contribution >= 4 is 17.1 Å². The van der Waals surface area contributed by atoms with Gasteiger partial charge in [0.15, 0.2) is 5.58 Å². The highest BCUT2D eigenvalue weighted by Crippen LogP contribution is 2.23. The van der Waals surface area contributed by atoms with Gasteiger partial charge >= 0.3 is 0 Å².